The lowest BCUT2D eigenvalue weighted by Gasteiger charge is -2.17. The average molecular weight is 269 g/mol. The molecule has 0 radical (unpaired) electrons. The van der Waals surface area contributed by atoms with Crippen LogP contribution in [0, 0.1) is 0 Å². The van der Waals surface area contributed by atoms with E-state index >= 15 is 0 Å². The summed E-state index contributed by atoms with van der Waals surface area (Å²) >= 11 is 0. The summed E-state index contributed by atoms with van der Waals surface area (Å²) in [4.78, 5) is 0. The van der Waals surface area contributed by atoms with Crippen molar-refractivity contribution in [3.05, 3.63) is 53.6 Å². The summed E-state index contributed by atoms with van der Waals surface area (Å²) in [7, 11) is 3.34. The Labute approximate surface area is 119 Å². The second-order valence-corrected chi connectivity index (χ2v) is 5.04. The van der Waals surface area contributed by atoms with Gasteiger partial charge in [-0.2, -0.15) is 0 Å². The van der Waals surface area contributed by atoms with E-state index in [1.54, 1.807) is 14.2 Å². The highest BCUT2D eigenvalue weighted by Crippen LogP contribution is 2.35. The SMILES string of the molecule is COc1cc(NC2CCc3ccccc32)cc(OC)c1. The third kappa shape index (κ3) is 2.44. The molecule has 0 aliphatic heterocycles. The Bertz CT molecular complexity index is 587. The van der Waals surface area contributed by atoms with Crippen LogP contribution in [-0.2, 0) is 6.42 Å². The van der Waals surface area contributed by atoms with E-state index < -0.39 is 0 Å². The van der Waals surface area contributed by atoms with Crippen molar-refractivity contribution in [2.24, 2.45) is 0 Å². The molecule has 0 bridgehead atoms. The first-order valence-electron chi connectivity index (χ1n) is 6.87. The molecule has 1 atom stereocenters. The van der Waals surface area contributed by atoms with Crippen molar-refractivity contribution in [1.82, 2.24) is 0 Å². The van der Waals surface area contributed by atoms with Gasteiger partial charge in [-0.05, 0) is 24.0 Å². The Morgan fingerprint density at radius 2 is 1.70 bits per heavy atom. The van der Waals surface area contributed by atoms with E-state index in [4.69, 9.17) is 9.47 Å². The molecule has 3 nitrogen and oxygen atoms in total. The van der Waals surface area contributed by atoms with Crippen LogP contribution in [0.3, 0.4) is 0 Å². The van der Waals surface area contributed by atoms with Crippen molar-refractivity contribution < 1.29 is 9.47 Å². The zero-order valence-corrected chi connectivity index (χ0v) is 11.8. The fraction of sp³-hybridized carbons (Fsp3) is 0.294. The molecule has 1 aliphatic rings. The maximum Gasteiger partial charge on any atom is 0.124 e. The lowest BCUT2D eigenvalue weighted by molar-refractivity contribution is 0.394. The highest BCUT2D eigenvalue weighted by Gasteiger charge is 2.21. The number of aryl methyl sites for hydroxylation is 1. The predicted octanol–water partition coefficient (Wildman–Crippen LogP) is 3.80. The number of methoxy groups -OCH3 is 2. The largest absolute Gasteiger partial charge is 0.497 e. The number of ether oxygens (including phenoxy) is 2. The first kappa shape index (κ1) is 12.9. The third-order valence-electron chi connectivity index (χ3n) is 3.83. The van der Waals surface area contributed by atoms with Gasteiger partial charge >= 0.3 is 0 Å². The molecule has 1 unspecified atom stereocenters. The second-order valence-electron chi connectivity index (χ2n) is 5.04. The fourth-order valence-electron chi connectivity index (χ4n) is 2.80. The smallest absolute Gasteiger partial charge is 0.124 e. The van der Waals surface area contributed by atoms with E-state index in [0.29, 0.717) is 6.04 Å². The van der Waals surface area contributed by atoms with Crippen LogP contribution in [-0.4, -0.2) is 14.2 Å². The van der Waals surface area contributed by atoms with Crippen molar-refractivity contribution in [3.63, 3.8) is 0 Å². The van der Waals surface area contributed by atoms with Crippen LogP contribution in [0.25, 0.3) is 0 Å². The quantitative estimate of drug-likeness (QED) is 0.915. The van der Waals surface area contributed by atoms with Gasteiger partial charge in [0, 0.05) is 23.9 Å². The average Bonchev–Trinajstić information content (AvgIpc) is 2.90. The minimum absolute atomic E-state index is 0.364. The molecule has 2 aromatic rings. The van der Waals surface area contributed by atoms with Gasteiger partial charge in [-0.3, -0.25) is 0 Å². The molecule has 0 heterocycles. The van der Waals surface area contributed by atoms with Gasteiger partial charge in [-0.1, -0.05) is 24.3 Å². The van der Waals surface area contributed by atoms with Gasteiger partial charge < -0.3 is 14.8 Å². The van der Waals surface area contributed by atoms with Gasteiger partial charge in [-0.25, -0.2) is 0 Å². The molecule has 3 rings (SSSR count). The maximum atomic E-state index is 5.31. The lowest BCUT2D eigenvalue weighted by atomic mass is 10.1. The first-order chi connectivity index (χ1) is 9.80. The van der Waals surface area contributed by atoms with Gasteiger partial charge in [0.05, 0.1) is 20.3 Å². The summed E-state index contributed by atoms with van der Waals surface area (Å²) in [5.74, 6) is 1.61. The first-order valence-corrected chi connectivity index (χ1v) is 6.87. The van der Waals surface area contributed by atoms with Crippen LogP contribution in [0.4, 0.5) is 5.69 Å². The van der Waals surface area contributed by atoms with E-state index in [1.807, 2.05) is 18.2 Å². The highest BCUT2D eigenvalue weighted by molar-refractivity contribution is 5.55. The molecule has 0 amide bonds. The van der Waals surface area contributed by atoms with Gasteiger partial charge in [0.25, 0.3) is 0 Å². The molecule has 0 saturated carbocycles. The molecular formula is C17H19NO2. The Kier molecular flexibility index (Phi) is 3.50. The summed E-state index contributed by atoms with van der Waals surface area (Å²) in [5.41, 5.74) is 3.87. The van der Waals surface area contributed by atoms with E-state index in [0.717, 1.165) is 30.0 Å². The number of fused-ring (bicyclic) bond motifs is 1. The van der Waals surface area contributed by atoms with Crippen LogP contribution in [0.15, 0.2) is 42.5 Å². The summed E-state index contributed by atoms with van der Waals surface area (Å²) in [5, 5.41) is 3.59. The van der Waals surface area contributed by atoms with Crippen LogP contribution in [0.1, 0.15) is 23.6 Å². The molecular weight excluding hydrogens is 250 g/mol. The van der Waals surface area contributed by atoms with Crippen LogP contribution < -0.4 is 14.8 Å². The number of nitrogens with one attached hydrogen (secondary N) is 1. The summed E-state index contributed by atoms with van der Waals surface area (Å²) < 4.78 is 10.6. The maximum absolute atomic E-state index is 5.31. The zero-order chi connectivity index (χ0) is 13.9. The molecule has 1 aliphatic carbocycles. The Hall–Kier alpha value is -2.16. The van der Waals surface area contributed by atoms with Crippen molar-refractivity contribution in [1.29, 1.82) is 0 Å². The molecule has 2 aromatic carbocycles. The lowest BCUT2D eigenvalue weighted by Crippen LogP contribution is -2.07. The van der Waals surface area contributed by atoms with Gasteiger partial charge in [0.15, 0.2) is 0 Å². The van der Waals surface area contributed by atoms with Crippen molar-refractivity contribution in [2.45, 2.75) is 18.9 Å². The van der Waals surface area contributed by atoms with E-state index in [1.165, 1.54) is 11.1 Å². The van der Waals surface area contributed by atoms with E-state index in [-0.39, 0.29) is 0 Å². The number of anilines is 1. The molecule has 20 heavy (non-hydrogen) atoms. The standard InChI is InChI=1S/C17H19NO2/c1-19-14-9-13(10-15(11-14)20-2)18-17-8-7-12-5-3-4-6-16(12)17/h3-6,9-11,17-18H,7-8H2,1-2H3. The van der Waals surface area contributed by atoms with Crippen LogP contribution in [0.5, 0.6) is 11.5 Å². The molecule has 0 aromatic heterocycles. The van der Waals surface area contributed by atoms with E-state index in [9.17, 15) is 0 Å². The minimum Gasteiger partial charge on any atom is -0.497 e. The van der Waals surface area contributed by atoms with Crippen LogP contribution >= 0.6 is 0 Å². The van der Waals surface area contributed by atoms with Gasteiger partial charge in [0.2, 0.25) is 0 Å². The Morgan fingerprint density at radius 1 is 1.00 bits per heavy atom. The molecule has 1 N–H and O–H groups in total. The fourth-order valence-corrected chi connectivity index (χ4v) is 2.80. The van der Waals surface area contributed by atoms with Crippen molar-refractivity contribution in [2.75, 3.05) is 19.5 Å². The molecule has 3 heteroatoms. The normalized spacial score (nSPS) is 16.6. The second kappa shape index (κ2) is 5.45. The monoisotopic (exact) mass is 269 g/mol. The molecule has 0 spiro atoms. The van der Waals surface area contributed by atoms with Crippen molar-refractivity contribution >= 4 is 5.69 Å². The summed E-state index contributed by atoms with van der Waals surface area (Å²) in [6.45, 7) is 0. The molecule has 0 saturated heterocycles. The predicted molar refractivity (Wildman–Crippen MR) is 80.7 cm³/mol. The number of hydrogen-bond donors (Lipinski definition) is 1. The topological polar surface area (TPSA) is 30.5 Å². The summed E-state index contributed by atoms with van der Waals surface area (Å²) in [6.07, 6.45) is 2.26. The number of hydrogen-bond acceptors (Lipinski definition) is 3. The number of rotatable bonds is 4. The van der Waals surface area contributed by atoms with Crippen molar-refractivity contribution in [3.8, 4) is 11.5 Å². The van der Waals surface area contributed by atoms with Gasteiger partial charge in [-0.15, -0.1) is 0 Å². The van der Waals surface area contributed by atoms with Gasteiger partial charge in [0.1, 0.15) is 11.5 Å². The third-order valence-corrected chi connectivity index (χ3v) is 3.83. The highest BCUT2D eigenvalue weighted by atomic mass is 16.5. The molecule has 104 valence electrons. The minimum atomic E-state index is 0.364. The Morgan fingerprint density at radius 3 is 2.40 bits per heavy atom. The van der Waals surface area contributed by atoms with Crippen LogP contribution in [0.2, 0.25) is 0 Å². The zero-order valence-electron chi connectivity index (χ0n) is 11.8. The number of benzene rings is 2. The van der Waals surface area contributed by atoms with E-state index in [2.05, 4.69) is 29.6 Å². The Balaban J connectivity index is 1.85. The summed E-state index contributed by atoms with van der Waals surface area (Å²) in [6, 6.07) is 14.9. The molecule has 0 fully saturated rings.